The molecular weight excluding hydrogens is 239 g/mol. The number of rotatable bonds is 3. The summed E-state index contributed by atoms with van der Waals surface area (Å²) in [5.74, 6) is -0.336. The quantitative estimate of drug-likeness (QED) is 0.916. The van der Waals surface area contributed by atoms with Gasteiger partial charge in [-0.05, 0) is 56.0 Å². The molecule has 0 aliphatic carbocycles. The highest BCUT2D eigenvalue weighted by atomic mass is 19.1. The van der Waals surface area contributed by atoms with E-state index >= 15 is 0 Å². The molecule has 0 aliphatic rings. The van der Waals surface area contributed by atoms with E-state index in [-0.39, 0.29) is 5.82 Å². The van der Waals surface area contributed by atoms with Gasteiger partial charge in [0.15, 0.2) is 0 Å². The molecule has 2 rings (SSSR count). The summed E-state index contributed by atoms with van der Waals surface area (Å²) < 4.78 is 13.7. The summed E-state index contributed by atoms with van der Waals surface area (Å²) in [6.07, 6.45) is 2.18. The van der Waals surface area contributed by atoms with E-state index < -0.39 is 6.04 Å². The van der Waals surface area contributed by atoms with Crippen LogP contribution in [0.4, 0.5) is 4.39 Å². The summed E-state index contributed by atoms with van der Waals surface area (Å²) in [5, 5.41) is 0. The molecule has 2 nitrogen and oxygen atoms in total. The van der Waals surface area contributed by atoms with Crippen molar-refractivity contribution in [3.05, 3.63) is 64.2 Å². The van der Waals surface area contributed by atoms with E-state index in [4.69, 9.17) is 5.73 Å². The number of nitrogens with zero attached hydrogens (tertiary/aromatic N) is 1. The number of pyridine rings is 1. The maximum atomic E-state index is 13.7. The van der Waals surface area contributed by atoms with E-state index in [2.05, 4.69) is 37.9 Å². The van der Waals surface area contributed by atoms with Crippen molar-refractivity contribution >= 4 is 0 Å². The zero-order valence-electron chi connectivity index (χ0n) is 11.6. The maximum Gasteiger partial charge on any atom is 0.146 e. The number of aromatic nitrogens is 1. The van der Waals surface area contributed by atoms with Gasteiger partial charge < -0.3 is 5.73 Å². The molecule has 1 atom stereocenters. The van der Waals surface area contributed by atoms with Crippen molar-refractivity contribution in [3.63, 3.8) is 0 Å². The van der Waals surface area contributed by atoms with E-state index in [9.17, 15) is 4.39 Å². The second-order valence-corrected chi connectivity index (χ2v) is 5.06. The van der Waals surface area contributed by atoms with Gasteiger partial charge in [0.25, 0.3) is 0 Å². The van der Waals surface area contributed by atoms with Crippen LogP contribution < -0.4 is 5.73 Å². The highest BCUT2D eigenvalue weighted by molar-refractivity contribution is 5.38. The zero-order valence-corrected chi connectivity index (χ0v) is 11.6. The molecule has 0 aliphatic heterocycles. The van der Waals surface area contributed by atoms with Gasteiger partial charge >= 0.3 is 0 Å². The fraction of sp³-hybridized carbons (Fsp3) is 0.312. The van der Waals surface area contributed by atoms with Crippen molar-refractivity contribution in [1.82, 2.24) is 4.98 Å². The predicted molar refractivity (Wildman–Crippen MR) is 75.5 cm³/mol. The van der Waals surface area contributed by atoms with Crippen LogP contribution >= 0.6 is 0 Å². The Labute approximate surface area is 113 Å². The molecule has 0 saturated heterocycles. The van der Waals surface area contributed by atoms with Crippen LogP contribution in [0.1, 0.15) is 34.0 Å². The molecule has 0 spiro atoms. The molecule has 100 valence electrons. The van der Waals surface area contributed by atoms with Gasteiger partial charge in [0.05, 0.1) is 11.7 Å². The number of aryl methyl sites for hydroxylation is 3. The second kappa shape index (κ2) is 5.49. The Hall–Kier alpha value is -1.74. The fourth-order valence-electron chi connectivity index (χ4n) is 2.52. The number of benzene rings is 1. The third-order valence-electron chi connectivity index (χ3n) is 3.40. The van der Waals surface area contributed by atoms with Gasteiger partial charge in [-0.3, -0.25) is 4.98 Å². The Morgan fingerprint density at radius 3 is 2.42 bits per heavy atom. The predicted octanol–water partition coefficient (Wildman–Crippen LogP) is 3.39. The van der Waals surface area contributed by atoms with Crippen LogP contribution in [0.5, 0.6) is 0 Å². The molecule has 0 fully saturated rings. The molecule has 1 heterocycles. The van der Waals surface area contributed by atoms with Crippen LogP contribution in [-0.4, -0.2) is 4.98 Å². The number of halogens is 1. The van der Waals surface area contributed by atoms with Crippen molar-refractivity contribution in [1.29, 1.82) is 0 Å². The number of nitrogens with two attached hydrogens (primary N) is 1. The van der Waals surface area contributed by atoms with Gasteiger partial charge in [-0.2, -0.15) is 0 Å². The van der Waals surface area contributed by atoms with Crippen molar-refractivity contribution in [2.45, 2.75) is 33.2 Å². The average molecular weight is 258 g/mol. The van der Waals surface area contributed by atoms with Crippen molar-refractivity contribution in [2.24, 2.45) is 5.73 Å². The molecule has 0 amide bonds. The summed E-state index contributed by atoms with van der Waals surface area (Å²) in [6, 6.07) is 6.82. The van der Waals surface area contributed by atoms with Crippen LogP contribution in [0, 0.1) is 26.6 Å². The van der Waals surface area contributed by atoms with E-state index in [0.717, 1.165) is 0 Å². The standard InChI is InChI=1S/C16H19FN2/c1-10-7-11(2)13(12(3)8-10)9-15(18)16-14(17)5-4-6-19-16/h4-8,15H,9,18H2,1-3H3. The summed E-state index contributed by atoms with van der Waals surface area (Å²) in [6.45, 7) is 6.20. The fourth-order valence-corrected chi connectivity index (χ4v) is 2.52. The SMILES string of the molecule is Cc1cc(C)c(CC(N)c2ncccc2F)c(C)c1. The monoisotopic (exact) mass is 258 g/mol. The van der Waals surface area contributed by atoms with Gasteiger partial charge in [0, 0.05) is 6.20 Å². The van der Waals surface area contributed by atoms with E-state index in [1.165, 1.54) is 28.3 Å². The first-order valence-electron chi connectivity index (χ1n) is 6.41. The van der Waals surface area contributed by atoms with Crippen molar-refractivity contribution in [3.8, 4) is 0 Å². The normalized spacial score (nSPS) is 12.5. The lowest BCUT2D eigenvalue weighted by molar-refractivity contribution is 0.563. The Balaban J connectivity index is 2.29. The minimum atomic E-state index is -0.415. The molecule has 0 saturated carbocycles. The van der Waals surface area contributed by atoms with Crippen LogP contribution in [0.2, 0.25) is 0 Å². The van der Waals surface area contributed by atoms with Gasteiger partial charge in [0.1, 0.15) is 5.82 Å². The molecular formula is C16H19FN2. The topological polar surface area (TPSA) is 38.9 Å². The molecule has 3 heteroatoms. The highest BCUT2D eigenvalue weighted by Gasteiger charge is 2.15. The molecule has 2 N–H and O–H groups in total. The minimum Gasteiger partial charge on any atom is -0.322 e. The lowest BCUT2D eigenvalue weighted by Gasteiger charge is -2.16. The Morgan fingerprint density at radius 1 is 1.21 bits per heavy atom. The van der Waals surface area contributed by atoms with E-state index in [0.29, 0.717) is 12.1 Å². The third kappa shape index (κ3) is 2.99. The smallest absolute Gasteiger partial charge is 0.146 e. The highest BCUT2D eigenvalue weighted by Crippen LogP contribution is 2.23. The first-order chi connectivity index (χ1) is 8.99. The average Bonchev–Trinajstić information content (AvgIpc) is 2.34. The molecule has 0 bridgehead atoms. The van der Waals surface area contributed by atoms with Gasteiger partial charge in [0.2, 0.25) is 0 Å². The lowest BCUT2D eigenvalue weighted by Crippen LogP contribution is -2.17. The summed E-state index contributed by atoms with van der Waals surface area (Å²) in [5.41, 5.74) is 11.2. The van der Waals surface area contributed by atoms with Crippen LogP contribution in [-0.2, 0) is 6.42 Å². The first kappa shape index (κ1) is 13.7. The maximum absolute atomic E-state index is 13.7. The van der Waals surface area contributed by atoms with Crippen molar-refractivity contribution in [2.75, 3.05) is 0 Å². The Bertz CT molecular complexity index is 570. The largest absolute Gasteiger partial charge is 0.322 e. The first-order valence-corrected chi connectivity index (χ1v) is 6.41. The molecule has 0 radical (unpaired) electrons. The van der Waals surface area contributed by atoms with E-state index in [1.54, 1.807) is 12.3 Å². The Morgan fingerprint density at radius 2 is 1.84 bits per heavy atom. The number of hydrogen-bond acceptors (Lipinski definition) is 2. The van der Waals surface area contributed by atoms with Gasteiger partial charge in [-0.15, -0.1) is 0 Å². The zero-order chi connectivity index (χ0) is 14.0. The molecule has 2 aromatic rings. The summed E-state index contributed by atoms with van der Waals surface area (Å²) in [7, 11) is 0. The van der Waals surface area contributed by atoms with Crippen molar-refractivity contribution < 1.29 is 4.39 Å². The Kier molecular flexibility index (Phi) is 3.96. The summed E-state index contributed by atoms with van der Waals surface area (Å²) >= 11 is 0. The molecule has 19 heavy (non-hydrogen) atoms. The van der Waals surface area contributed by atoms with E-state index in [1.807, 2.05) is 0 Å². The summed E-state index contributed by atoms with van der Waals surface area (Å²) in [4.78, 5) is 4.05. The second-order valence-electron chi connectivity index (χ2n) is 5.06. The van der Waals surface area contributed by atoms with Crippen LogP contribution in [0.25, 0.3) is 0 Å². The lowest BCUT2D eigenvalue weighted by atomic mass is 9.93. The third-order valence-corrected chi connectivity index (χ3v) is 3.40. The molecule has 1 aromatic carbocycles. The van der Waals surface area contributed by atoms with Crippen LogP contribution in [0.3, 0.4) is 0 Å². The number of hydrogen-bond donors (Lipinski definition) is 1. The van der Waals surface area contributed by atoms with Gasteiger partial charge in [-0.1, -0.05) is 17.7 Å². The van der Waals surface area contributed by atoms with Crippen LogP contribution in [0.15, 0.2) is 30.5 Å². The molecule has 1 unspecified atom stereocenters. The minimum absolute atomic E-state index is 0.335. The molecule has 1 aromatic heterocycles. The van der Waals surface area contributed by atoms with Gasteiger partial charge in [-0.25, -0.2) is 4.39 Å².